The topological polar surface area (TPSA) is 34.1 Å². The summed E-state index contributed by atoms with van der Waals surface area (Å²) in [5.41, 5.74) is 3.78. The van der Waals surface area contributed by atoms with E-state index in [9.17, 15) is 9.59 Å². The van der Waals surface area contributed by atoms with Crippen molar-refractivity contribution in [2.45, 2.75) is 32.1 Å². The van der Waals surface area contributed by atoms with Gasteiger partial charge in [-0.2, -0.15) is 0 Å². The van der Waals surface area contributed by atoms with Crippen LogP contribution in [-0.2, 0) is 11.2 Å². The maximum Gasteiger partial charge on any atom is 0.163 e. The number of fused-ring (bicyclic) bond motifs is 1. The monoisotopic (exact) mass is 312 g/mol. The standard InChI is InChI=1S/C19H17ClO2/c20-16-9-6-15(7-10-16)18(21)3-1-2-13-4-5-14-8-11-19(22)17(14)12-13/h1-2,4-6,9,12H,3,7-8,10-11H2/b2-1+. The van der Waals surface area contributed by atoms with E-state index in [4.69, 9.17) is 11.6 Å². The first-order valence-corrected chi connectivity index (χ1v) is 7.92. The van der Waals surface area contributed by atoms with Gasteiger partial charge in [0.1, 0.15) is 0 Å². The van der Waals surface area contributed by atoms with E-state index in [1.54, 1.807) is 6.08 Å². The van der Waals surface area contributed by atoms with Crippen molar-refractivity contribution < 1.29 is 9.59 Å². The highest BCUT2D eigenvalue weighted by Crippen LogP contribution is 2.24. The van der Waals surface area contributed by atoms with E-state index in [1.807, 2.05) is 36.4 Å². The minimum atomic E-state index is 0.133. The van der Waals surface area contributed by atoms with E-state index in [1.165, 1.54) is 0 Å². The smallest absolute Gasteiger partial charge is 0.163 e. The summed E-state index contributed by atoms with van der Waals surface area (Å²) in [6.45, 7) is 0. The summed E-state index contributed by atoms with van der Waals surface area (Å²) in [4.78, 5) is 23.8. The molecule has 2 nitrogen and oxygen atoms in total. The Bertz CT molecular complexity index is 723. The van der Waals surface area contributed by atoms with Crippen LogP contribution in [-0.4, -0.2) is 11.6 Å². The summed E-state index contributed by atoms with van der Waals surface area (Å²) in [7, 11) is 0. The Morgan fingerprint density at radius 3 is 2.77 bits per heavy atom. The predicted molar refractivity (Wildman–Crippen MR) is 89.0 cm³/mol. The van der Waals surface area contributed by atoms with Crippen LogP contribution in [0, 0.1) is 0 Å². The Balaban J connectivity index is 1.64. The van der Waals surface area contributed by atoms with Crippen LogP contribution in [0.4, 0.5) is 0 Å². The molecule has 0 bridgehead atoms. The van der Waals surface area contributed by atoms with Crippen LogP contribution >= 0.6 is 11.6 Å². The molecule has 2 aliphatic rings. The van der Waals surface area contributed by atoms with Gasteiger partial charge in [0, 0.05) is 23.4 Å². The van der Waals surface area contributed by atoms with Crippen LogP contribution in [0.25, 0.3) is 6.08 Å². The number of aryl methyl sites for hydroxylation is 1. The lowest BCUT2D eigenvalue weighted by molar-refractivity contribution is -0.114. The average molecular weight is 313 g/mol. The number of benzene rings is 1. The fraction of sp³-hybridized carbons (Fsp3) is 0.263. The van der Waals surface area contributed by atoms with Crippen molar-refractivity contribution in [3.05, 3.63) is 63.7 Å². The largest absolute Gasteiger partial charge is 0.294 e. The Labute approximate surface area is 135 Å². The molecule has 0 fully saturated rings. The lowest BCUT2D eigenvalue weighted by Crippen LogP contribution is -2.03. The minimum Gasteiger partial charge on any atom is -0.294 e. The maximum absolute atomic E-state index is 12.1. The first kappa shape index (κ1) is 15.0. The summed E-state index contributed by atoms with van der Waals surface area (Å²) in [6, 6.07) is 5.94. The molecule has 0 saturated carbocycles. The van der Waals surface area contributed by atoms with E-state index in [2.05, 4.69) is 0 Å². The number of carbonyl (C=O) groups excluding carboxylic acids is 2. The number of halogens is 1. The third-order valence-corrected chi connectivity index (χ3v) is 4.44. The lowest BCUT2D eigenvalue weighted by atomic mass is 9.98. The van der Waals surface area contributed by atoms with E-state index in [0.717, 1.165) is 46.6 Å². The maximum atomic E-state index is 12.1. The number of hydrogen-bond acceptors (Lipinski definition) is 2. The van der Waals surface area contributed by atoms with E-state index >= 15 is 0 Å². The first-order chi connectivity index (χ1) is 10.6. The van der Waals surface area contributed by atoms with Crippen LogP contribution in [0.15, 0.2) is 47.0 Å². The minimum absolute atomic E-state index is 0.133. The van der Waals surface area contributed by atoms with Crippen LogP contribution in [0.5, 0.6) is 0 Å². The van der Waals surface area contributed by atoms with Gasteiger partial charge >= 0.3 is 0 Å². The van der Waals surface area contributed by atoms with Crippen LogP contribution < -0.4 is 0 Å². The van der Waals surface area contributed by atoms with Gasteiger partial charge in [-0.3, -0.25) is 9.59 Å². The molecule has 0 N–H and O–H groups in total. The highest BCUT2D eigenvalue weighted by Gasteiger charge is 2.18. The SMILES string of the molecule is O=C(C/C=C/c1ccc2c(c1)C(=O)CC2)C1=CC=C(Cl)CC1. The Morgan fingerprint density at radius 1 is 1.14 bits per heavy atom. The molecule has 0 saturated heterocycles. The predicted octanol–water partition coefficient (Wildman–Crippen LogP) is 4.63. The van der Waals surface area contributed by atoms with Crippen molar-refractivity contribution in [2.24, 2.45) is 0 Å². The second-order valence-electron chi connectivity index (χ2n) is 5.67. The quantitative estimate of drug-likeness (QED) is 0.812. The molecule has 2 aliphatic carbocycles. The number of ketones is 2. The summed E-state index contributed by atoms with van der Waals surface area (Å²) in [5.74, 6) is 0.353. The summed E-state index contributed by atoms with van der Waals surface area (Å²) < 4.78 is 0. The van der Waals surface area contributed by atoms with Crippen molar-refractivity contribution in [2.75, 3.05) is 0 Å². The van der Waals surface area contributed by atoms with Crippen LogP contribution in [0.1, 0.15) is 47.2 Å². The molecule has 0 aromatic heterocycles. The van der Waals surface area contributed by atoms with Crippen LogP contribution in [0.3, 0.4) is 0 Å². The third-order valence-electron chi connectivity index (χ3n) is 4.13. The molecule has 1 aromatic rings. The van der Waals surface area contributed by atoms with Crippen molar-refractivity contribution >= 4 is 29.2 Å². The second-order valence-corrected chi connectivity index (χ2v) is 6.16. The fourth-order valence-corrected chi connectivity index (χ4v) is 2.99. The molecule has 3 rings (SSSR count). The number of hydrogen-bond donors (Lipinski definition) is 0. The molecule has 0 unspecified atom stereocenters. The number of rotatable bonds is 4. The van der Waals surface area contributed by atoms with Gasteiger partial charge in [0.15, 0.2) is 11.6 Å². The fourth-order valence-electron chi connectivity index (χ4n) is 2.84. The summed E-state index contributed by atoms with van der Waals surface area (Å²) in [5, 5.41) is 0.801. The van der Waals surface area contributed by atoms with Gasteiger partial charge < -0.3 is 0 Å². The molecule has 22 heavy (non-hydrogen) atoms. The van der Waals surface area contributed by atoms with Gasteiger partial charge in [0.25, 0.3) is 0 Å². The normalized spacial score (nSPS) is 17.4. The molecule has 0 spiro atoms. The van der Waals surface area contributed by atoms with Crippen molar-refractivity contribution in [3.63, 3.8) is 0 Å². The molecule has 3 heteroatoms. The molecule has 0 amide bonds. The highest BCUT2D eigenvalue weighted by molar-refractivity contribution is 6.29. The summed E-state index contributed by atoms with van der Waals surface area (Å²) >= 11 is 5.89. The van der Waals surface area contributed by atoms with Crippen molar-refractivity contribution in [1.82, 2.24) is 0 Å². The molecular weight excluding hydrogens is 296 g/mol. The summed E-state index contributed by atoms with van der Waals surface area (Å²) in [6.07, 6.45) is 10.7. The van der Waals surface area contributed by atoms with Gasteiger partial charge in [-0.15, -0.1) is 0 Å². The molecule has 0 heterocycles. The Hall–Kier alpha value is -1.93. The van der Waals surface area contributed by atoms with E-state index < -0.39 is 0 Å². The number of Topliss-reactive ketones (excluding diaryl/α,β-unsaturated/α-hetero) is 2. The van der Waals surface area contributed by atoms with Gasteiger partial charge in [-0.05, 0) is 48.1 Å². The average Bonchev–Trinajstić information content (AvgIpc) is 2.89. The van der Waals surface area contributed by atoms with Gasteiger partial charge in [-0.1, -0.05) is 42.0 Å². The van der Waals surface area contributed by atoms with E-state index in [0.29, 0.717) is 12.8 Å². The zero-order valence-corrected chi connectivity index (χ0v) is 13.0. The molecule has 0 aliphatic heterocycles. The molecular formula is C19H17ClO2. The molecule has 0 atom stereocenters. The van der Waals surface area contributed by atoms with Crippen molar-refractivity contribution in [3.8, 4) is 0 Å². The Morgan fingerprint density at radius 2 is 2.00 bits per heavy atom. The van der Waals surface area contributed by atoms with Crippen molar-refractivity contribution in [1.29, 1.82) is 0 Å². The third kappa shape index (κ3) is 3.28. The highest BCUT2D eigenvalue weighted by atomic mass is 35.5. The second kappa shape index (κ2) is 6.45. The molecule has 112 valence electrons. The number of carbonyl (C=O) groups is 2. The lowest BCUT2D eigenvalue weighted by Gasteiger charge is -2.08. The Kier molecular flexibility index (Phi) is 4.39. The first-order valence-electron chi connectivity index (χ1n) is 7.54. The van der Waals surface area contributed by atoms with Gasteiger partial charge in [-0.25, -0.2) is 0 Å². The zero-order chi connectivity index (χ0) is 15.5. The molecule has 1 aromatic carbocycles. The van der Waals surface area contributed by atoms with E-state index in [-0.39, 0.29) is 11.6 Å². The molecule has 0 radical (unpaired) electrons. The van der Waals surface area contributed by atoms with Gasteiger partial charge in [0.05, 0.1) is 0 Å². The van der Waals surface area contributed by atoms with Crippen LogP contribution in [0.2, 0.25) is 0 Å². The number of allylic oxidation sites excluding steroid dienone is 5. The van der Waals surface area contributed by atoms with Gasteiger partial charge in [0.2, 0.25) is 0 Å². The zero-order valence-electron chi connectivity index (χ0n) is 12.3.